The van der Waals surface area contributed by atoms with Crippen LogP contribution in [0.1, 0.15) is 31.5 Å². The lowest BCUT2D eigenvalue weighted by Gasteiger charge is -2.27. The number of aromatic nitrogens is 2. The van der Waals surface area contributed by atoms with Gasteiger partial charge in [-0.15, -0.1) is 10.2 Å². The number of rotatable bonds is 3. The normalized spacial score (nSPS) is 26.8. The Bertz CT molecular complexity index is 313. The minimum atomic E-state index is 0.313. The van der Waals surface area contributed by atoms with Gasteiger partial charge in [0.1, 0.15) is 6.61 Å². The zero-order valence-electron chi connectivity index (χ0n) is 9.19. The van der Waals surface area contributed by atoms with Crippen molar-refractivity contribution in [2.24, 2.45) is 0 Å². The van der Waals surface area contributed by atoms with E-state index in [0.29, 0.717) is 30.5 Å². The lowest BCUT2D eigenvalue weighted by atomic mass is 10.0. The van der Waals surface area contributed by atoms with Gasteiger partial charge in [-0.1, -0.05) is 0 Å². The van der Waals surface area contributed by atoms with Gasteiger partial charge in [0, 0.05) is 13.0 Å². The minimum Gasteiger partial charge on any atom is -0.423 e. The SMILES string of the molecule is Cc1nnc(CO[C@H]2CCN[C@@H](C)C2)o1. The van der Waals surface area contributed by atoms with Crippen molar-refractivity contribution in [3.05, 3.63) is 11.8 Å². The summed E-state index contributed by atoms with van der Waals surface area (Å²) in [5, 5.41) is 11.0. The molecule has 0 bridgehead atoms. The molecule has 0 aromatic carbocycles. The van der Waals surface area contributed by atoms with E-state index in [9.17, 15) is 0 Å². The highest BCUT2D eigenvalue weighted by Crippen LogP contribution is 2.13. The van der Waals surface area contributed by atoms with Crippen LogP contribution in [0.5, 0.6) is 0 Å². The zero-order valence-corrected chi connectivity index (χ0v) is 9.19. The first-order valence-corrected chi connectivity index (χ1v) is 5.38. The summed E-state index contributed by atoms with van der Waals surface area (Å²) in [4.78, 5) is 0. The molecular formula is C10H17N3O2. The third kappa shape index (κ3) is 3.00. The van der Waals surface area contributed by atoms with Crippen molar-refractivity contribution in [2.45, 2.75) is 45.4 Å². The lowest BCUT2D eigenvalue weighted by Crippen LogP contribution is -2.39. The standard InChI is InChI=1S/C10H17N3O2/c1-7-5-9(3-4-11-7)14-6-10-13-12-8(2)15-10/h7,9,11H,3-6H2,1-2H3/t7-,9-/m0/s1. The minimum absolute atomic E-state index is 0.313. The van der Waals surface area contributed by atoms with E-state index >= 15 is 0 Å². The number of nitrogens with one attached hydrogen (secondary N) is 1. The highest BCUT2D eigenvalue weighted by atomic mass is 16.5. The van der Waals surface area contributed by atoms with Crippen LogP contribution in [0.4, 0.5) is 0 Å². The molecule has 5 nitrogen and oxygen atoms in total. The molecule has 1 aliphatic heterocycles. The molecule has 0 aliphatic carbocycles. The number of hydrogen-bond donors (Lipinski definition) is 1. The Morgan fingerprint density at radius 3 is 3.07 bits per heavy atom. The predicted molar refractivity (Wildman–Crippen MR) is 54.3 cm³/mol. The van der Waals surface area contributed by atoms with Gasteiger partial charge in [0.15, 0.2) is 0 Å². The first kappa shape index (κ1) is 10.6. The Kier molecular flexibility index (Phi) is 3.33. The fourth-order valence-corrected chi connectivity index (χ4v) is 1.82. The van der Waals surface area contributed by atoms with Gasteiger partial charge < -0.3 is 14.5 Å². The fraction of sp³-hybridized carbons (Fsp3) is 0.800. The van der Waals surface area contributed by atoms with Gasteiger partial charge in [-0.25, -0.2) is 0 Å². The third-order valence-electron chi connectivity index (χ3n) is 2.59. The van der Waals surface area contributed by atoms with Crippen LogP contribution in [-0.2, 0) is 11.3 Å². The van der Waals surface area contributed by atoms with Crippen LogP contribution >= 0.6 is 0 Å². The molecule has 1 aliphatic rings. The average Bonchev–Trinajstić information content (AvgIpc) is 2.62. The van der Waals surface area contributed by atoms with Crippen molar-refractivity contribution in [1.29, 1.82) is 0 Å². The van der Waals surface area contributed by atoms with Gasteiger partial charge in [0.25, 0.3) is 0 Å². The molecule has 1 fully saturated rings. The number of piperidine rings is 1. The van der Waals surface area contributed by atoms with Crippen LogP contribution in [-0.4, -0.2) is 28.9 Å². The predicted octanol–water partition coefficient (Wildman–Crippen LogP) is 1.04. The largest absolute Gasteiger partial charge is 0.423 e. The first-order chi connectivity index (χ1) is 7.24. The van der Waals surface area contributed by atoms with Gasteiger partial charge in [-0.3, -0.25) is 0 Å². The number of nitrogens with zero attached hydrogens (tertiary/aromatic N) is 2. The topological polar surface area (TPSA) is 60.2 Å². The summed E-state index contributed by atoms with van der Waals surface area (Å²) >= 11 is 0. The molecule has 15 heavy (non-hydrogen) atoms. The molecule has 0 spiro atoms. The Morgan fingerprint density at radius 1 is 1.53 bits per heavy atom. The van der Waals surface area contributed by atoms with E-state index in [4.69, 9.17) is 9.15 Å². The van der Waals surface area contributed by atoms with Crippen molar-refractivity contribution < 1.29 is 9.15 Å². The van der Waals surface area contributed by atoms with E-state index in [0.717, 1.165) is 19.4 Å². The second kappa shape index (κ2) is 4.72. The maximum Gasteiger partial charge on any atom is 0.242 e. The fourth-order valence-electron chi connectivity index (χ4n) is 1.82. The maximum absolute atomic E-state index is 5.72. The second-order valence-corrected chi connectivity index (χ2v) is 4.03. The monoisotopic (exact) mass is 211 g/mol. The molecule has 1 aromatic heterocycles. The van der Waals surface area contributed by atoms with Gasteiger partial charge in [0.05, 0.1) is 6.10 Å². The molecule has 84 valence electrons. The summed E-state index contributed by atoms with van der Waals surface area (Å²) in [5.41, 5.74) is 0. The van der Waals surface area contributed by atoms with Crippen LogP contribution in [0.3, 0.4) is 0 Å². The van der Waals surface area contributed by atoms with E-state index in [1.807, 2.05) is 0 Å². The van der Waals surface area contributed by atoms with Crippen molar-refractivity contribution in [3.8, 4) is 0 Å². The van der Waals surface area contributed by atoms with Crippen LogP contribution < -0.4 is 5.32 Å². The Morgan fingerprint density at radius 2 is 2.40 bits per heavy atom. The molecule has 0 unspecified atom stereocenters. The van der Waals surface area contributed by atoms with Gasteiger partial charge in [-0.05, 0) is 26.3 Å². The Balaban J connectivity index is 1.77. The van der Waals surface area contributed by atoms with E-state index in [2.05, 4.69) is 22.4 Å². The summed E-state index contributed by atoms with van der Waals surface area (Å²) < 4.78 is 11.0. The summed E-state index contributed by atoms with van der Waals surface area (Å²) in [5.74, 6) is 1.16. The first-order valence-electron chi connectivity index (χ1n) is 5.38. The van der Waals surface area contributed by atoms with E-state index in [1.54, 1.807) is 6.92 Å². The van der Waals surface area contributed by atoms with Crippen LogP contribution in [0.15, 0.2) is 4.42 Å². The van der Waals surface area contributed by atoms with Crippen molar-refractivity contribution in [1.82, 2.24) is 15.5 Å². The number of aryl methyl sites for hydroxylation is 1. The molecule has 1 aromatic rings. The van der Waals surface area contributed by atoms with E-state index in [-0.39, 0.29) is 0 Å². The van der Waals surface area contributed by atoms with Crippen LogP contribution in [0.2, 0.25) is 0 Å². The molecule has 2 rings (SSSR count). The second-order valence-electron chi connectivity index (χ2n) is 4.03. The molecule has 2 heterocycles. The molecule has 5 heteroatoms. The molecular weight excluding hydrogens is 194 g/mol. The highest BCUT2D eigenvalue weighted by molar-refractivity contribution is 4.79. The smallest absolute Gasteiger partial charge is 0.242 e. The average molecular weight is 211 g/mol. The molecule has 0 radical (unpaired) electrons. The molecule has 0 saturated carbocycles. The van der Waals surface area contributed by atoms with Crippen molar-refractivity contribution in [3.63, 3.8) is 0 Å². The lowest BCUT2D eigenvalue weighted by molar-refractivity contribution is 0.00255. The van der Waals surface area contributed by atoms with Crippen LogP contribution in [0.25, 0.3) is 0 Å². The van der Waals surface area contributed by atoms with Crippen molar-refractivity contribution >= 4 is 0 Å². The number of hydrogen-bond acceptors (Lipinski definition) is 5. The molecule has 2 atom stereocenters. The van der Waals surface area contributed by atoms with Gasteiger partial charge in [-0.2, -0.15) is 0 Å². The van der Waals surface area contributed by atoms with Crippen molar-refractivity contribution in [2.75, 3.05) is 6.54 Å². The summed E-state index contributed by atoms with van der Waals surface area (Å²) in [6.07, 6.45) is 2.42. The highest BCUT2D eigenvalue weighted by Gasteiger charge is 2.19. The van der Waals surface area contributed by atoms with E-state index in [1.165, 1.54) is 0 Å². The van der Waals surface area contributed by atoms with E-state index < -0.39 is 0 Å². The van der Waals surface area contributed by atoms with Crippen LogP contribution in [0, 0.1) is 6.92 Å². The summed E-state index contributed by atoms with van der Waals surface area (Å²) in [7, 11) is 0. The molecule has 1 N–H and O–H groups in total. The van der Waals surface area contributed by atoms with Gasteiger partial charge in [0.2, 0.25) is 11.8 Å². The maximum atomic E-state index is 5.72. The summed E-state index contributed by atoms with van der Waals surface area (Å²) in [6.45, 7) is 5.41. The molecule has 0 amide bonds. The van der Waals surface area contributed by atoms with Gasteiger partial charge >= 0.3 is 0 Å². The Hall–Kier alpha value is -0.940. The zero-order chi connectivity index (χ0) is 10.7. The Labute approximate surface area is 89.2 Å². The quantitative estimate of drug-likeness (QED) is 0.809. The number of ether oxygens (including phenoxy) is 1. The third-order valence-corrected chi connectivity index (χ3v) is 2.59. The summed E-state index contributed by atoms with van der Waals surface area (Å²) in [6, 6.07) is 0.535. The molecule has 1 saturated heterocycles.